The predicted octanol–water partition coefficient (Wildman–Crippen LogP) is 3.90. The molecule has 6 nitrogen and oxygen atoms in total. The van der Waals surface area contributed by atoms with Crippen molar-refractivity contribution in [3.8, 4) is 0 Å². The van der Waals surface area contributed by atoms with Gasteiger partial charge in [0.1, 0.15) is 9.98 Å². The van der Waals surface area contributed by atoms with Gasteiger partial charge in [-0.25, -0.2) is 4.98 Å². The molecule has 37 heavy (non-hydrogen) atoms. The minimum atomic E-state index is -0.0112. The number of fused-ring (bicyclic) bond motifs is 2. The molecule has 2 bridgehead atoms. The second kappa shape index (κ2) is 14.9. The van der Waals surface area contributed by atoms with Crippen LogP contribution in [0, 0.1) is 0 Å². The van der Waals surface area contributed by atoms with Gasteiger partial charge in [-0.15, -0.1) is 0 Å². The molecule has 2 atom stereocenters. The topological polar surface area (TPSA) is 64.6 Å². The van der Waals surface area contributed by atoms with Crippen molar-refractivity contribution in [3.63, 3.8) is 0 Å². The van der Waals surface area contributed by atoms with Gasteiger partial charge in [0.15, 0.2) is 0 Å². The Morgan fingerprint density at radius 2 is 1.03 bits per heavy atom. The van der Waals surface area contributed by atoms with Crippen LogP contribution in [0.15, 0.2) is 78.9 Å². The van der Waals surface area contributed by atoms with Crippen molar-refractivity contribution in [3.05, 3.63) is 101 Å². The standard InChI is InChI=1S/C29H33N3O3S2/c36-28-26-12-7-13-27(32-26)29(37)31-25(19-23-10-5-2-6-11-23)21-35-17-15-33-14-16-34-20-24(30-28)18-22-8-3-1-4-9-22/h1-13,24-25H,14-21H2,(H,30,36)(H,31,37)/t24-,25-/m0/s1. The molecular weight excluding hydrogens is 502 g/mol. The molecule has 0 spiro atoms. The molecule has 3 aromatic rings. The first-order valence-corrected chi connectivity index (χ1v) is 13.4. The molecule has 1 aliphatic heterocycles. The maximum absolute atomic E-state index is 5.93. The number of hydrogen-bond acceptors (Lipinski definition) is 6. The normalized spacial score (nSPS) is 20.2. The third-order valence-electron chi connectivity index (χ3n) is 5.92. The van der Waals surface area contributed by atoms with Gasteiger partial charge in [0.25, 0.3) is 0 Å². The molecule has 0 unspecified atom stereocenters. The number of nitrogens with one attached hydrogen (secondary N) is 2. The summed E-state index contributed by atoms with van der Waals surface area (Å²) in [6.07, 6.45) is 1.55. The first-order chi connectivity index (χ1) is 18.2. The molecule has 0 fully saturated rings. The molecule has 0 aliphatic carbocycles. The lowest BCUT2D eigenvalue weighted by atomic mass is 10.1. The first-order valence-electron chi connectivity index (χ1n) is 12.6. The minimum Gasteiger partial charge on any atom is -0.377 e. The Balaban J connectivity index is 1.50. The number of aromatic nitrogens is 1. The van der Waals surface area contributed by atoms with Crippen molar-refractivity contribution >= 4 is 34.4 Å². The number of thiocarbonyl (C=S) groups is 2. The Labute approximate surface area is 229 Å². The summed E-state index contributed by atoms with van der Waals surface area (Å²) in [6.45, 7) is 3.00. The van der Waals surface area contributed by atoms with E-state index in [1.54, 1.807) is 0 Å². The van der Waals surface area contributed by atoms with Crippen LogP contribution in [-0.4, -0.2) is 66.7 Å². The average molecular weight is 536 g/mol. The van der Waals surface area contributed by atoms with E-state index in [1.165, 1.54) is 11.1 Å². The van der Waals surface area contributed by atoms with Crippen molar-refractivity contribution in [2.24, 2.45) is 0 Å². The highest BCUT2D eigenvalue weighted by Gasteiger charge is 2.17. The lowest BCUT2D eigenvalue weighted by Gasteiger charge is -2.22. The van der Waals surface area contributed by atoms with E-state index in [9.17, 15) is 0 Å². The third-order valence-corrected chi connectivity index (χ3v) is 6.57. The highest BCUT2D eigenvalue weighted by molar-refractivity contribution is 7.81. The Bertz CT molecular complexity index is 1050. The van der Waals surface area contributed by atoms with Gasteiger partial charge in [-0.1, -0.05) is 91.2 Å². The number of nitrogens with zero attached hydrogens (tertiary/aromatic N) is 1. The van der Waals surface area contributed by atoms with E-state index >= 15 is 0 Å². The predicted molar refractivity (Wildman–Crippen MR) is 154 cm³/mol. The van der Waals surface area contributed by atoms with E-state index in [1.807, 2.05) is 54.6 Å². The number of ether oxygens (including phenoxy) is 3. The zero-order chi connectivity index (χ0) is 25.7. The van der Waals surface area contributed by atoms with Crippen LogP contribution < -0.4 is 10.6 Å². The van der Waals surface area contributed by atoms with E-state index in [0.717, 1.165) is 12.8 Å². The molecule has 0 amide bonds. The Hall–Kier alpha value is -2.75. The zero-order valence-electron chi connectivity index (χ0n) is 20.8. The Kier molecular flexibility index (Phi) is 11.0. The largest absolute Gasteiger partial charge is 0.377 e. The maximum atomic E-state index is 5.93. The van der Waals surface area contributed by atoms with Crippen molar-refractivity contribution in [1.29, 1.82) is 0 Å². The van der Waals surface area contributed by atoms with E-state index in [-0.39, 0.29) is 12.1 Å². The van der Waals surface area contributed by atoms with Crippen molar-refractivity contribution in [2.45, 2.75) is 24.9 Å². The molecule has 194 valence electrons. The molecule has 0 radical (unpaired) electrons. The number of benzene rings is 2. The van der Waals surface area contributed by atoms with Gasteiger partial charge < -0.3 is 24.8 Å². The second-order valence-corrected chi connectivity index (χ2v) is 9.71. The van der Waals surface area contributed by atoms with Crippen molar-refractivity contribution < 1.29 is 14.2 Å². The highest BCUT2D eigenvalue weighted by atomic mass is 32.1. The summed E-state index contributed by atoms with van der Waals surface area (Å²) in [7, 11) is 0. The fourth-order valence-electron chi connectivity index (χ4n) is 4.10. The van der Waals surface area contributed by atoms with Gasteiger partial charge >= 0.3 is 0 Å². The SMILES string of the molecule is S=C1N[C@@H](Cc2ccccc2)COCCOCCOC[C@H](Cc2ccccc2)NC(=S)c2cccc1n2. The van der Waals surface area contributed by atoms with E-state index in [2.05, 4.69) is 34.9 Å². The van der Waals surface area contributed by atoms with Gasteiger partial charge in [-0.3, -0.25) is 0 Å². The monoisotopic (exact) mass is 535 g/mol. The van der Waals surface area contributed by atoms with Gasteiger partial charge in [-0.2, -0.15) is 0 Å². The zero-order valence-corrected chi connectivity index (χ0v) is 22.4. The molecule has 2 aromatic carbocycles. The maximum Gasteiger partial charge on any atom is 0.125 e. The Morgan fingerprint density at radius 1 is 0.595 bits per heavy atom. The van der Waals surface area contributed by atoms with Crippen LogP contribution in [0.1, 0.15) is 22.5 Å². The fraction of sp³-hybridized carbons (Fsp3) is 0.345. The van der Waals surface area contributed by atoms with Gasteiger partial charge in [0.05, 0.1) is 63.1 Å². The van der Waals surface area contributed by atoms with Crippen LogP contribution in [0.25, 0.3) is 0 Å². The molecule has 4 rings (SSSR count). The molecule has 1 aliphatic rings. The van der Waals surface area contributed by atoms with Gasteiger partial charge in [0.2, 0.25) is 0 Å². The van der Waals surface area contributed by atoms with E-state index in [0.29, 0.717) is 61.0 Å². The van der Waals surface area contributed by atoms with Crippen molar-refractivity contribution in [1.82, 2.24) is 15.6 Å². The Morgan fingerprint density at radius 3 is 1.49 bits per heavy atom. The first kappa shape index (κ1) is 27.3. The van der Waals surface area contributed by atoms with E-state index in [4.69, 9.17) is 43.6 Å². The van der Waals surface area contributed by atoms with Crippen LogP contribution >= 0.6 is 24.4 Å². The smallest absolute Gasteiger partial charge is 0.125 e. The summed E-state index contributed by atoms with van der Waals surface area (Å²) in [4.78, 5) is 5.90. The third kappa shape index (κ3) is 9.25. The lowest BCUT2D eigenvalue weighted by Crippen LogP contribution is -2.41. The van der Waals surface area contributed by atoms with Crippen LogP contribution in [0.4, 0.5) is 0 Å². The summed E-state index contributed by atoms with van der Waals surface area (Å²) < 4.78 is 17.6. The second-order valence-electron chi connectivity index (χ2n) is 8.89. The summed E-state index contributed by atoms with van der Waals surface area (Å²) in [6, 6.07) is 26.3. The van der Waals surface area contributed by atoms with Crippen molar-refractivity contribution in [2.75, 3.05) is 39.6 Å². The van der Waals surface area contributed by atoms with Gasteiger partial charge in [0, 0.05) is 0 Å². The molecule has 0 saturated heterocycles. The summed E-state index contributed by atoms with van der Waals surface area (Å²) in [5.74, 6) is 0. The van der Waals surface area contributed by atoms with Crippen LogP contribution in [0.3, 0.4) is 0 Å². The molecular formula is C29H33N3O3S2. The minimum absolute atomic E-state index is 0.0112. The van der Waals surface area contributed by atoms with Gasteiger partial charge in [-0.05, 0) is 36.1 Å². The summed E-state index contributed by atoms with van der Waals surface area (Å²) >= 11 is 11.5. The molecule has 8 heteroatoms. The number of pyridine rings is 1. The summed E-state index contributed by atoms with van der Waals surface area (Å²) in [5.41, 5.74) is 3.77. The molecule has 1 aromatic heterocycles. The van der Waals surface area contributed by atoms with Crippen LogP contribution in [-0.2, 0) is 27.1 Å². The van der Waals surface area contributed by atoms with Crippen LogP contribution in [0.5, 0.6) is 0 Å². The quantitative estimate of drug-likeness (QED) is 0.488. The highest BCUT2D eigenvalue weighted by Crippen LogP contribution is 2.09. The molecule has 2 heterocycles. The summed E-state index contributed by atoms with van der Waals surface area (Å²) in [5, 5.41) is 6.91. The fourth-order valence-corrected chi connectivity index (χ4v) is 4.66. The number of hydrogen-bond donors (Lipinski definition) is 2. The average Bonchev–Trinajstić information content (AvgIpc) is 2.92. The molecule has 0 saturated carbocycles. The van der Waals surface area contributed by atoms with E-state index < -0.39 is 0 Å². The molecule has 2 N–H and O–H groups in total. The lowest BCUT2D eigenvalue weighted by molar-refractivity contribution is 0.00835. The van der Waals surface area contributed by atoms with Crippen LogP contribution in [0.2, 0.25) is 0 Å². The number of rotatable bonds is 4.